The van der Waals surface area contributed by atoms with Gasteiger partial charge in [0.2, 0.25) is 0 Å². The zero-order valence-electron chi connectivity index (χ0n) is 11.9. The van der Waals surface area contributed by atoms with E-state index in [9.17, 15) is 14.9 Å². The second kappa shape index (κ2) is 5.84. The van der Waals surface area contributed by atoms with E-state index < -0.39 is 4.92 Å². The third-order valence-corrected chi connectivity index (χ3v) is 4.83. The van der Waals surface area contributed by atoms with Gasteiger partial charge in [0, 0.05) is 12.1 Å². The summed E-state index contributed by atoms with van der Waals surface area (Å²) in [6.07, 6.45) is 7.00. The topological polar surface area (TPSA) is 69.4 Å². The number of rotatable bonds is 3. The summed E-state index contributed by atoms with van der Waals surface area (Å²) in [5.41, 5.74) is 0.376. The number of hydrogen-bond acceptors (Lipinski definition) is 4. The zero-order chi connectivity index (χ0) is 14.8. The lowest BCUT2D eigenvalue weighted by Gasteiger charge is -2.33. The summed E-state index contributed by atoms with van der Waals surface area (Å²) < 4.78 is 5.68. The van der Waals surface area contributed by atoms with Crippen molar-refractivity contribution in [2.45, 2.75) is 44.6 Å². The standard InChI is InChI=1S/C16H19NO4/c18-16(12-7-9-13(10-8-12)17(19)20)21-15-6-2-4-11-3-1-5-14(11)15/h7-11,14-15H,1-6H2. The predicted molar refractivity (Wildman–Crippen MR) is 77.0 cm³/mol. The van der Waals surface area contributed by atoms with Crippen LogP contribution in [-0.2, 0) is 4.74 Å². The van der Waals surface area contributed by atoms with Crippen LogP contribution < -0.4 is 0 Å². The molecular weight excluding hydrogens is 270 g/mol. The van der Waals surface area contributed by atoms with Gasteiger partial charge in [0.1, 0.15) is 6.10 Å². The molecule has 3 atom stereocenters. The number of esters is 1. The third-order valence-electron chi connectivity index (χ3n) is 4.83. The van der Waals surface area contributed by atoms with Crippen LogP contribution in [0.3, 0.4) is 0 Å². The van der Waals surface area contributed by atoms with E-state index in [1.807, 2.05) is 0 Å². The molecule has 0 spiro atoms. The van der Waals surface area contributed by atoms with E-state index in [4.69, 9.17) is 4.74 Å². The second-order valence-corrected chi connectivity index (χ2v) is 6.03. The monoisotopic (exact) mass is 289 g/mol. The minimum atomic E-state index is -0.473. The van der Waals surface area contributed by atoms with Crippen LogP contribution >= 0.6 is 0 Å². The van der Waals surface area contributed by atoms with E-state index >= 15 is 0 Å². The first-order chi connectivity index (χ1) is 10.1. The number of nitro groups is 1. The first-order valence-corrected chi connectivity index (χ1v) is 7.60. The minimum absolute atomic E-state index is 0.0138. The number of non-ortho nitro benzene ring substituents is 1. The van der Waals surface area contributed by atoms with Crippen LogP contribution in [0.1, 0.15) is 48.9 Å². The van der Waals surface area contributed by atoms with Crippen molar-refractivity contribution in [2.24, 2.45) is 11.8 Å². The van der Waals surface area contributed by atoms with Gasteiger partial charge >= 0.3 is 5.97 Å². The summed E-state index contributed by atoms with van der Waals surface area (Å²) in [6, 6.07) is 5.62. The molecule has 2 fully saturated rings. The highest BCUT2D eigenvalue weighted by molar-refractivity contribution is 5.89. The van der Waals surface area contributed by atoms with Crippen LogP contribution in [0.4, 0.5) is 5.69 Å². The molecule has 1 aromatic rings. The Hall–Kier alpha value is -1.91. The Kier molecular flexibility index (Phi) is 3.90. The lowest BCUT2D eigenvalue weighted by Crippen LogP contribution is -2.33. The molecule has 0 aromatic heterocycles. The molecule has 0 amide bonds. The summed E-state index contributed by atoms with van der Waals surface area (Å²) in [5.74, 6) is 0.872. The van der Waals surface area contributed by atoms with Gasteiger partial charge in [0.15, 0.2) is 0 Å². The molecule has 2 aliphatic carbocycles. The Bertz CT molecular complexity index is 540. The van der Waals surface area contributed by atoms with Crippen molar-refractivity contribution in [1.29, 1.82) is 0 Å². The summed E-state index contributed by atoms with van der Waals surface area (Å²) in [5, 5.41) is 10.6. The first-order valence-electron chi connectivity index (χ1n) is 7.60. The molecule has 0 radical (unpaired) electrons. The van der Waals surface area contributed by atoms with Gasteiger partial charge in [-0.3, -0.25) is 10.1 Å². The molecule has 0 saturated heterocycles. The smallest absolute Gasteiger partial charge is 0.338 e. The molecule has 5 heteroatoms. The number of nitrogens with zero attached hydrogens (tertiary/aromatic N) is 1. The molecule has 5 nitrogen and oxygen atoms in total. The summed E-state index contributed by atoms with van der Waals surface area (Å²) in [7, 11) is 0. The van der Waals surface area contributed by atoms with Crippen LogP contribution in [0, 0.1) is 22.0 Å². The van der Waals surface area contributed by atoms with Gasteiger partial charge in [0.05, 0.1) is 10.5 Å². The Morgan fingerprint density at radius 1 is 1.10 bits per heavy atom. The number of carbonyl (C=O) groups is 1. The SMILES string of the molecule is O=C(OC1CCCC2CCCC21)c1ccc([N+](=O)[O-])cc1. The Morgan fingerprint density at radius 3 is 2.43 bits per heavy atom. The zero-order valence-corrected chi connectivity index (χ0v) is 11.9. The van der Waals surface area contributed by atoms with Crippen molar-refractivity contribution in [3.63, 3.8) is 0 Å². The highest BCUT2D eigenvalue weighted by atomic mass is 16.6. The van der Waals surface area contributed by atoms with E-state index in [2.05, 4.69) is 0 Å². The van der Waals surface area contributed by atoms with Crippen LogP contribution in [0.5, 0.6) is 0 Å². The fraction of sp³-hybridized carbons (Fsp3) is 0.562. The van der Waals surface area contributed by atoms with Gasteiger partial charge in [-0.25, -0.2) is 4.79 Å². The molecule has 0 aliphatic heterocycles. The van der Waals surface area contributed by atoms with Gasteiger partial charge in [-0.1, -0.05) is 12.8 Å². The number of fused-ring (bicyclic) bond motifs is 1. The minimum Gasteiger partial charge on any atom is -0.458 e. The fourth-order valence-electron chi connectivity index (χ4n) is 3.78. The van der Waals surface area contributed by atoms with Gasteiger partial charge < -0.3 is 4.74 Å². The van der Waals surface area contributed by atoms with Gasteiger partial charge in [-0.2, -0.15) is 0 Å². The lowest BCUT2D eigenvalue weighted by molar-refractivity contribution is -0.384. The second-order valence-electron chi connectivity index (χ2n) is 6.03. The average Bonchev–Trinajstić information content (AvgIpc) is 2.97. The molecule has 2 saturated carbocycles. The van der Waals surface area contributed by atoms with E-state index in [1.165, 1.54) is 43.5 Å². The number of nitro benzene ring substituents is 1. The third kappa shape index (κ3) is 2.91. The number of hydrogen-bond donors (Lipinski definition) is 0. The van der Waals surface area contributed by atoms with Crippen molar-refractivity contribution in [3.8, 4) is 0 Å². The molecule has 3 unspecified atom stereocenters. The van der Waals surface area contributed by atoms with Crippen LogP contribution in [0.15, 0.2) is 24.3 Å². The molecule has 112 valence electrons. The molecule has 0 heterocycles. The molecule has 2 aliphatic rings. The van der Waals surface area contributed by atoms with Crippen molar-refractivity contribution in [3.05, 3.63) is 39.9 Å². The van der Waals surface area contributed by atoms with Crippen LogP contribution in [0.25, 0.3) is 0 Å². The fourth-order valence-corrected chi connectivity index (χ4v) is 3.78. The van der Waals surface area contributed by atoms with Crippen molar-refractivity contribution < 1.29 is 14.5 Å². The van der Waals surface area contributed by atoms with Crippen molar-refractivity contribution in [1.82, 2.24) is 0 Å². The molecule has 0 N–H and O–H groups in total. The van der Waals surface area contributed by atoms with Crippen LogP contribution in [-0.4, -0.2) is 17.0 Å². The number of carbonyl (C=O) groups excluding carboxylic acids is 1. The van der Waals surface area contributed by atoms with Gasteiger partial charge in [0.25, 0.3) is 5.69 Å². The quantitative estimate of drug-likeness (QED) is 0.483. The highest BCUT2D eigenvalue weighted by Gasteiger charge is 2.38. The molecule has 3 rings (SSSR count). The highest BCUT2D eigenvalue weighted by Crippen LogP contribution is 2.43. The van der Waals surface area contributed by atoms with E-state index in [1.54, 1.807) is 0 Å². The maximum absolute atomic E-state index is 12.2. The molecular formula is C16H19NO4. The predicted octanol–water partition coefficient (Wildman–Crippen LogP) is 3.72. The lowest BCUT2D eigenvalue weighted by atomic mass is 9.79. The van der Waals surface area contributed by atoms with Crippen molar-refractivity contribution in [2.75, 3.05) is 0 Å². The Balaban J connectivity index is 1.66. The Morgan fingerprint density at radius 2 is 1.76 bits per heavy atom. The first kappa shape index (κ1) is 14.0. The largest absolute Gasteiger partial charge is 0.458 e. The van der Waals surface area contributed by atoms with Gasteiger partial charge in [-0.05, 0) is 49.7 Å². The van der Waals surface area contributed by atoms with Gasteiger partial charge in [-0.15, -0.1) is 0 Å². The van der Waals surface area contributed by atoms with E-state index in [0.717, 1.165) is 19.3 Å². The average molecular weight is 289 g/mol. The summed E-state index contributed by atoms with van der Waals surface area (Å²) >= 11 is 0. The van der Waals surface area contributed by atoms with E-state index in [0.29, 0.717) is 17.4 Å². The maximum Gasteiger partial charge on any atom is 0.338 e. The van der Waals surface area contributed by atoms with Crippen LogP contribution in [0.2, 0.25) is 0 Å². The summed E-state index contributed by atoms with van der Waals surface area (Å²) in [6.45, 7) is 0. The van der Waals surface area contributed by atoms with Crippen molar-refractivity contribution >= 4 is 11.7 Å². The molecule has 1 aromatic carbocycles. The number of ether oxygens (including phenoxy) is 1. The molecule has 0 bridgehead atoms. The normalized spacial score (nSPS) is 27.9. The maximum atomic E-state index is 12.2. The number of benzene rings is 1. The van der Waals surface area contributed by atoms with E-state index in [-0.39, 0.29) is 17.8 Å². The summed E-state index contributed by atoms with van der Waals surface area (Å²) in [4.78, 5) is 22.3. The molecule has 21 heavy (non-hydrogen) atoms. The Labute approximate surface area is 123 Å².